The largest absolute Gasteiger partial charge is 0.381 e. The molecule has 0 radical (unpaired) electrons. The minimum atomic E-state index is -3.73. The predicted octanol–water partition coefficient (Wildman–Crippen LogP) is 6.62. The summed E-state index contributed by atoms with van der Waals surface area (Å²) in [7, 11) is -3.73. The van der Waals surface area contributed by atoms with Gasteiger partial charge in [0.2, 0.25) is 0 Å². The number of thioether (sulfide) groups is 1. The second kappa shape index (κ2) is 21.6. The van der Waals surface area contributed by atoms with Crippen molar-refractivity contribution in [3.8, 4) is 0 Å². The van der Waals surface area contributed by atoms with Crippen molar-refractivity contribution >= 4 is 25.2 Å². The maximum atomic E-state index is 13.7. The van der Waals surface area contributed by atoms with Gasteiger partial charge in [-0.25, -0.2) is 9.18 Å². The summed E-state index contributed by atoms with van der Waals surface area (Å²) in [5.41, 5.74) is 4.05. The fourth-order valence-corrected chi connectivity index (χ4v) is 6.71. The number of nitrogens with two attached hydrogens (primary N) is 1. The molecule has 1 unspecified atom stereocenters. The highest BCUT2D eigenvalue weighted by Crippen LogP contribution is 2.44. The van der Waals surface area contributed by atoms with E-state index in [-0.39, 0.29) is 12.8 Å². The lowest BCUT2D eigenvalue weighted by molar-refractivity contribution is -0.0556. The van der Waals surface area contributed by atoms with Gasteiger partial charge < -0.3 is 29.4 Å². The second-order valence-corrected chi connectivity index (χ2v) is 13.7. The van der Waals surface area contributed by atoms with Gasteiger partial charge in [0.1, 0.15) is 18.5 Å². The molecule has 1 aromatic rings. The van der Waals surface area contributed by atoms with Crippen molar-refractivity contribution in [3.63, 3.8) is 0 Å². The van der Waals surface area contributed by atoms with E-state index in [1.807, 2.05) is 0 Å². The molecule has 1 aliphatic heterocycles. The fraction of sp³-hybridized carbons (Fsp3) is 0.857. The van der Waals surface area contributed by atoms with Crippen molar-refractivity contribution in [2.24, 2.45) is 0 Å². The molecule has 3 atom stereocenters. The van der Waals surface area contributed by atoms with E-state index in [4.69, 9.17) is 24.5 Å². The van der Waals surface area contributed by atoms with Crippen LogP contribution in [0, 0.1) is 5.82 Å². The summed E-state index contributed by atoms with van der Waals surface area (Å²) in [5, 5.41) is 0. The highest BCUT2D eigenvalue weighted by atomic mass is 32.2. The first-order valence-corrected chi connectivity index (χ1v) is 18.1. The van der Waals surface area contributed by atoms with E-state index in [2.05, 4.69) is 11.9 Å². The molecule has 10 nitrogen and oxygen atoms in total. The molecule has 1 aromatic heterocycles. The average Bonchev–Trinajstić information content (AvgIpc) is 3.42. The van der Waals surface area contributed by atoms with Crippen LogP contribution in [0.25, 0.3) is 0 Å². The Morgan fingerprint density at radius 3 is 2.20 bits per heavy atom. The first-order chi connectivity index (χ1) is 19.8. The van der Waals surface area contributed by atoms with Crippen molar-refractivity contribution in [3.05, 3.63) is 22.5 Å². The number of ether oxygens (including phenoxy) is 3. The molecule has 1 fully saturated rings. The summed E-state index contributed by atoms with van der Waals surface area (Å²) < 4.78 is 49.1. The van der Waals surface area contributed by atoms with Crippen molar-refractivity contribution < 1.29 is 32.6 Å². The number of unbranched alkanes of at least 4 members (excludes halogenated alkanes) is 13. The summed E-state index contributed by atoms with van der Waals surface area (Å²) >= 11 is 1.32. The summed E-state index contributed by atoms with van der Waals surface area (Å²) in [6, 6.07) is 0. The normalized spacial score (nSPS) is 18.6. The van der Waals surface area contributed by atoms with Crippen LogP contribution in [0.5, 0.6) is 0 Å². The molecule has 0 bridgehead atoms. The van der Waals surface area contributed by atoms with Crippen LogP contribution in [-0.4, -0.2) is 58.4 Å². The van der Waals surface area contributed by atoms with E-state index in [9.17, 15) is 18.6 Å². The highest BCUT2D eigenvalue weighted by molar-refractivity contribution is 8.00. The van der Waals surface area contributed by atoms with Crippen LogP contribution in [0.2, 0.25) is 0 Å². The number of hydrogen-bond acceptors (Lipinski definition) is 9. The maximum absolute atomic E-state index is 13.7. The lowest BCUT2D eigenvalue weighted by Gasteiger charge is -2.17. The van der Waals surface area contributed by atoms with Crippen LogP contribution in [0.1, 0.15) is 109 Å². The lowest BCUT2D eigenvalue weighted by Crippen LogP contribution is -2.30. The van der Waals surface area contributed by atoms with Crippen LogP contribution in [0.15, 0.2) is 11.0 Å². The smallest absolute Gasteiger partial charge is 0.351 e. The minimum absolute atomic E-state index is 0.0904. The van der Waals surface area contributed by atoms with Crippen molar-refractivity contribution in [1.82, 2.24) is 9.55 Å². The van der Waals surface area contributed by atoms with Gasteiger partial charge in [0, 0.05) is 25.1 Å². The first kappa shape index (κ1) is 36.2. The standard InChI is InChI=1S/C28H51FN3O7PS/c1-2-3-4-5-6-8-11-14-17-36-23-37-18-15-12-9-7-10-13-16-19-40(34,35)38-21-26-39-25(22-41-26)32-20-24(29)27(30)31-28(32)33/h20,25-26H,2-19,21-23H2,1H3,(H,34,35)(H2,30,31,33)/t25-,26+/m1/s1. The van der Waals surface area contributed by atoms with E-state index >= 15 is 0 Å². The van der Waals surface area contributed by atoms with E-state index < -0.39 is 36.6 Å². The zero-order chi connectivity index (χ0) is 29.8. The zero-order valence-corrected chi connectivity index (χ0v) is 26.4. The van der Waals surface area contributed by atoms with Gasteiger partial charge >= 0.3 is 13.3 Å². The monoisotopic (exact) mass is 623 g/mol. The van der Waals surface area contributed by atoms with E-state index in [0.717, 1.165) is 68.9 Å². The topological polar surface area (TPSA) is 135 Å². The van der Waals surface area contributed by atoms with Crippen LogP contribution in [-0.2, 0) is 23.3 Å². The number of anilines is 1. The van der Waals surface area contributed by atoms with Gasteiger partial charge in [-0.1, -0.05) is 84.0 Å². The Labute approximate surface area is 248 Å². The Morgan fingerprint density at radius 1 is 1.02 bits per heavy atom. The van der Waals surface area contributed by atoms with Gasteiger partial charge in [0.15, 0.2) is 11.6 Å². The Morgan fingerprint density at radius 2 is 1.59 bits per heavy atom. The molecule has 13 heteroatoms. The fourth-order valence-electron chi connectivity index (χ4n) is 4.50. The highest BCUT2D eigenvalue weighted by Gasteiger charge is 2.31. The predicted molar refractivity (Wildman–Crippen MR) is 162 cm³/mol. The third kappa shape index (κ3) is 16.4. The molecule has 1 aliphatic rings. The SMILES string of the molecule is CCCCCCCCCCOCOCCCCCCCCCP(=O)(O)OC[C@H]1O[C@@H](n2cc(F)c(N)nc2=O)CS1. The van der Waals surface area contributed by atoms with E-state index in [1.165, 1.54) is 56.7 Å². The maximum Gasteiger partial charge on any atom is 0.351 e. The summed E-state index contributed by atoms with van der Waals surface area (Å²) in [4.78, 5) is 25.5. The number of nitrogens with zero attached hydrogens (tertiary/aromatic N) is 2. The van der Waals surface area contributed by atoms with Crippen molar-refractivity contribution in [2.45, 2.75) is 115 Å². The van der Waals surface area contributed by atoms with Crippen LogP contribution >= 0.6 is 19.4 Å². The Balaban J connectivity index is 1.37. The zero-order valence-electron chi connectivity index (χ0n) is 24.7. The molecule has 1 saturated heterocycles. The molecule has 0 spiro atoms. The van der Waals surface area contributed by atoms with Gasteiger partial charge in [0.25, 0.3) is 0 Å². The Kier molecular flexibility index (Phi) is 19.1. The number of rotatable bonds is 25. The lowest BCUT2D eigenvalue weighted by atomic mass is 10.1. The van der Waals surface area contributed by atoms with E-state index in [1.54, 1.807) is 0 Å². The number of nitrogen functional groups attached to an aromatic ring is 1. The Bertz CT molecular complexity index is 942. The summed E-state index contributed by atoms with van der Waals surface area (Å²) in [5.74, 6) is -0.918. The molecule has 238 valence electrons. The van der Waals surface area contributed by atoms with Gasteiger partial charge in [-0.2, -0.15) is 4.98 Å². The molecule has 2 heterocycles. The Hall–Kier alpha value is -1.01. The molecule has 0 aliphatic carbocycles. The first-order valence-electron chi connectivity index (χ1n) is 15.3. The van der Waals surface area contributed by atoms with Crippen LogP contribution < -0.4 is 11.4 Å². The second-order valence-electron chi connectivity index (χ2n) is 10.6. The summed E-state index contributed by atoms with van der Waals surface area (Å²) in [6.45, 7) is 4.03. The molecule has 0 aromatic carbocycles. The number of aromatic nitrogens is 2. The van der Waals surface area contributed by atoms with Gasteiger partial charge in [-0.3, -0.25) is 9.13 Å². The van der Waals surface area contributed by atoms with Gasteiger partial charge in [-0.05, 0) is 19.3 Å². The molecule has 0 saturated carbocycles. The number of hydrogen-bond donors (Lipinski definition) is 2. The molecular formula is C28H51FN3O7PS. The van der Waals surface area contributed by atoms with Gasteiger partial charge in [0.05, 0.1) is 12.8 Å². The van der Waals surface area contributed by atoms with E-state index in [0.29, 0.717) is 19.0 Å². The summed E-state index contributed by atoms with van der Waals surface area (Å²) in [6.07, 6.45) is 17.5. The van der Waals surface area contributed by atoms with Crippen molar-refractivity contribution in [2.75, 3.05) is 44.3 Å². The molecule has 3 N–H and O–H groups in total. The molecule has 2 rings (SSSR count). The third-order valence-corrected chi connectivity index (χ3v) is 9.46. The van der Waals surface area contributed by atoms with Crippen LogP contribution in [0.4, 0.5) is 10.2 Å². The molecular weight excluding hydrogens is 572 g/mol. The average molecular weight is 624 g/mol. The molecule has 0 amide bonds. The van der Waals surface area contributed by atoms with Gasteiger partial charge in [-0.15, -0.1) is 11.8 Å². The molecule has 41 heavy (non-hydrogen) atoms. The third-order valence-electron chi connectivity index (χ3n) is 6.93. The quantitative estimate of drug-likeness (QED) is 0.0695. The minimum Gasteiger partial charge on any atom is -0.381 e. The van der Waals surface area contributed by atoms with Crippen LogP contribution in [0.3, 0.4) is 0 Å². The number of halogens is 1. The van der Waals surface area contributed by atoms with Crippen molar-refractivity contribution in [1.29, 1.82) is 0 Å².